The van der Waals surface area contributed by atoms with Crippen molar-refractivity contribution in [3.63, 3.8) is 0 Å². The van der Waals surface area contributed by atoms with E-state index in [1.807, 2.05) is 0 Å². The fraction of sp³-hybridized carbons (Fsp3) is 1.00. The van der Waals surface area contributed by atoms with E-state index in [4.69, 9.17) is 5.73 Å². The lowest BCUT2D eigenvalue weighted by atomic mass is 9.67. The molecule has 3 aliphatic rings. The predicted octanol–water partition coefficient (Wildman–Crippen LogP) is 1.84. The molecule has 0 aromatic rings. The van der Waals surface area contributed by atoms with Crippen LogP contribution < -0.4 is 5.73 Å². The molecule has 0 aromatic carbocycles. The highest BCUT2D eigenvalue weighted by molar-refractivity contribution is 4.91. The topological polar surface area (TPSA) is 29.3 Å². The summed E-state index contributed by atoms with van der Waals surface area (Å²) in [5.41, 5.74) is 5.86. The zero-order valence-corrected chi connectivity index (χ0v) is 9.58. The van der Waals surface area contributed by atoms with E-state index in [2.05, 4.69) is 18.9 Å². The van der Waals surface area contributed by atoms with Crippen LogP contribution in [0, 0.1) is 11.8 Å². The van der Waals surface area contributed by atoms with Gasteiger partial charge in [0, 0.05) is 18.6 Å². The lowest BCUT2D eigenvalue weighted by molar-refractivity contribution is 0.0470. The second-order valence-corrected chi connectivity index (χ2v) is 5.50. The smallest absolute Gasteiger partial charge is 0.0139 e. The van der Waals surface area contributed by atoms with Crippen LogP contribution in [0.25, 0.3) is 0 Å². The van der Waals surface area contributed by atoms with Crippen LogP contribution in [0.1, 0.15) is 39.0 Å². The molecule has 82 valence electrons. The minimum atomic E-state index is 0.320. The highest BCUT2D eigenvalue weighted by atomic mass is 15.1. The Balaban J connectivity index is 1.91. The van der Waals surface area contributed by atoms with Crippen molar-refractivity contribution in [2.24, 2.45) is 17.6 Å². The standard InChI is InChI=1S/C12H24N2/c1-9(13)8-14(2)12-7-10-3-5-11(12)6-4-10/h9-12H,3-8,13H2,1-2H3/t9-,10?,11?,12?/m0/s1. The number of hydrogen-bond acceptors (Lipinski definition) is 2. The number of likely N-dealkylation sites (N-methyl/N-ethyl adjacent to an activating group) is 1. The third kappa shape index (κ3) is 2.12. The first-order valence-corrected chi connectivity index (χ1v) is 6.12. The summed E-state index contributed by atoms with van der Waals surface area (Å²) in [5, 5.41) is 0. The van der Waals surface area contributed by atoms with Gasteiger partial charge in [0.15, 0.2) is 0 Å². The van der Waals surface area contributed by atoms with Gasteiger partial charge >= 0.3 is 0 Å². The Hall–Kier alpha value is -0.0800. The van der Waals surface area contributed by atoms with Gasteiger partial charge in [0.1, 0.15) is 0 Å². The largest absolute Gasteiger partial charge is 0.327 e. The average Bonchev–Trinajstić information content (AvgIpc) is 2.18. The molecule has 1 unspecified atom stereocenters. The van der Waals surface area contributed by atoms with E-state index in [1.54, 1.807) is 0 Å². The molecule has 2 bridgehead atoms. The summed E-state index contributed by atoms with van der Waals surface area (Å²) in [6.45, 7) is 3.17. The highest BCUT2D eigenvalue weighted by Gasteiger charge is 2.37. The zero-order valence-electron chi connectivity index (χ0n) is 9.58. The van der Waals surface area contributed by atoms with Gasteiger partial charge < -0.3 is 10.6 Å². The number of fused-ring (bicyclic) bond motifs is 3. The number of nitrogens with zero attached hydrogens (tertiary/aromatic N) is 1. The summed E-state index contributed by atoms with van der Waals surface area (Å²) in [7, 11) is 2.26. The van der Waals surface area contributed by atoms with E-state index < -0.39 is 0 Å². The molecule has 2 N–H and O–H groups in total. The van der Waals surface area contributed by atoms with Crippen LogP contribution in [0.4, 0.5) is 0 Å². The molecule has 0 saturated heterocycles. The van der Waals surface area contributed by atoms with Crippen LogP contribution in [0.5, 0.6) is 0 Å². The predicted molar refractivity (Wildman–Crippen MR) is 60.1 cm³/mol. The summed E-state index contributed by atoms with van der Waals surface area (Å²) < 4.78 is 0. The van der Waals surface area contributed by atoms with Crippen LogP contribution in [0.2, 0.25) is 0 Å². The third-order valence-corrected chi connectivity index (χ3v) is 4.15. The first-order chi connectivity index (χ1) is 6.66. The van der Waals surface area contributed by atoms with Gasteiger partial charge in [0.05, 0.1) is 0 Å². The van der Waals surface area contributed by atoms with Gasteiger partial charge in [-0.2, -0.15) is 0 Å². The number of nitrogens with two attached hydrogens (primary N) is 1. The molecule has 0 aliphatic heterocycles. The Kier molecular flexibility index (Phi) is 3.13. The summed E-state index contributed by atoms with van der Waals surface area (Å²) in [6.07, 6.45) is 7.37. The van der Waals surface area contributed by atoms with E-state index in [-0.39, 0.29) is 0 Å². The lowest BCUT2D eigenvalue weighted by Gasteiger charge is -2.46. The second-order valence-electron chi connectivity index (χ2n) is 5.50. The van der Waals surface area contributed by atoms with Crippen molar-refractivity contribution in [1.82, 2.24) is 4.90 Å². The molecular weight excluding hydrogens is 172 g/mol. The molecule has 0 spiro atoms. The van der Waals surface area contributed by atoms with Crippen molar-refractivity contribution < 1.29 is 0 Å². The third-order valence-electron chi connectivity index (χ3n) is 4.15. The van der Waals surface area contributed by atoms with Gasteiger partial charge in [-0.15, -0.1) is 0 Å². The minimum Gasteiger partial charge on any atom is -0.327 e. The van der Waals surface area contributed by atoms with Crippen molar-refractivity contribution in [2.75, 3.05) is 13.6 Å². The van der Waals surface area contributed by atoms with Gasteiger partial charge in [-0.3, -0.25) is 0 Å². The van der Waals surface area contributed by atoms with E-state index in [1.165, 1.54) is 32.1 Å². The zero-order chi connectivity index (χ0) is 10.1. The van der Waals surface area contributed by atoms with Gasteiger partial charge in [0.2, 0.25) is 0 Å². The molecule has 2 heteroatoms. The first kappa shape index (κ1) is 10.4. The van der Waals surface area contributed by atoms with Crippen molar-refractivity contribution in [2.45, 2.75) is 51.1 Å². The maximum Gasteiger partial charge on any atom is 0.0139 e. The molecule has 2 nitrogen and oxygen atoms in total. The molecule has 3 fully saturated rings. The van der Waals surface area contributed by atoms with Crippen molar-refractivity contribution in [1.29, 1.82) is 0 Å². The Morgan fingerprint density at radius 3 is 2.36 bits per heavy atom. The van der Waals surface area contributed by atoms with E-state index >= 15 is 0 Å². The number of rotatable bonds is 3. The summed E-state index contributed by atoms with van der Waals surface area (Å²) in [5.74, 6) is 2.00. The fourth-order valence-corrected chi connectivity index (χ4v) is 3.47. The first-order valence-electron chi connectivity index (χ1n) is 6.12. The van der Waals surface area contributed by atoms with Gasteiger partial charge in [-0.1, -0.05) is 12.8 Å². The quantitative estimate of drug-likeness (QED) is 0.746. The molecule has 0 amide bonds. The molecule has 3 aliphatic carbocycles. The Morgan fingerprint density at radius 1 is 1.29 bits per heavy atom. The Morgan fingerprint density at radius 2 is 1.93 bits per heavy atom. The molecular formula is C12H24N2. The maximum atomic E-state index is 5.86. The molecule has 2 atom stereocenters. The van der Waals surface area contributed by atoms with Crippen LogP contribution in [-0.2, 0) is 0 Å². The Bertz CT molecular complexity index is 183. The van der Waals surface area contributed by atoms with Crippen molar-refractivity contribution in [3.05, 3.63) is 0 Å². The Labute approximate surface area is 87.8 Å². The van der Waals surface area contributed by atoms with E-state index in [0.29, 0.717) is 6.04 Å². The normalized spacial score (nSPS) is 39.0. The molecule has 0 radical (unpaired) electrons. The van der Waals surface area contributed by atoms with E-state index in [9.17, 15) is 0 Å². The SMILES string of the molecule is C[C@H](N)CN(C)C1CC2CCC1CC2. The summed E-state index contributed by atoms with van der Waals surface area (Å²) >= 11 is 0. The average molecular weight is 196 g/mol. The van der Waals surface area contributed by atoms with Crippen LogP contribution >= 0.6 is 0 Å². The van der Waals surface area contributed by atoms with Crippen molar-refractivity contribution >= 4 is 0 Å². The number of hydrogen-bond donors (Lipinski definition) is 1. The summed E-state index contributed by atoms with van der Waals surface area (Å²) in [6, 6.07) is 1.16. The second kappa shape index (κ2) is 4.19. The lowest BCUT2D eigenvalue weighted by Crippen LogP contribution is -2.48. The van der Waals surface area contributed by atoms with Gasteiger partial charge in [-0.25, -0.2) is 0 Å². The van der Waals surface area contributed by atoms with Crippen LogP contribution in [-0.4, -0.2) is 30.6 Å². The van der Waals surface area contributed by atoms with Gasteiger partial charge in [0.25, 0.3) is 0 Å². The van der Waals surface area contributed by atoms with Crippen LogP contribution in [0.3, 0.4) is 0 Å². The summed E-state index contributed by atoms with van der Waals surface area (Å²) in [4.78, 5) is 2.51. The minimum absolute atomic E-state index is 0.320. The monoisotopic (exact) mass is 196 g/mol. The fourth-order valence-electron chi connectivity index (χ4n) is 3.47. The van der Waals surface area contributed by atoms with Gasteiger partial charge in [-0.05, 0) is 45.1 Å². The van der Waals surface area contributed by atoms with Crippen LogP contribution in [0.15, 0.2) is 0 Å². The molecule has 14 heavy (non-hydrogen) atoms. The molecule has 0 heterocycles. The van der Waals surface area contributed by atoms with Crippen molar-refractivity contribution in [3.8, 4) is 0 Å². The molecule has 3 saturated carbocycles. The van der Waals surface area contributed by atoms with E-state index in [0.717, 1.165) is 24.4 Å². The molecule has 3 rings (SSSR count). The highest BCUT2D eigenvalue weighted by Crippen LogP contribution is 2.42. The maximum absolute atomic E-state index is 5.86. The molecule has 0 aromatic heterocycles.